The Morgan fingerprint density at radius 1 is 1.14 bits per heavy atom. The monoisotopic (exact) mass is 294 g/mol. The summed E-state index contributed by atoms with van der Waals surface area (Å²) in [6.07, 6.45) is 1.72. The van der Waals surface area contributed by atoms with E-state index in [1.54, 1.807) is 24.1 Å². The molecule has 0 radical (unpaired) electrons. The van der Waals surface area contributed by atoms with Gasteiger partial charge in [-0.3, -0.25) is 0 Å². The maximum atomic E-state index is 11.5. The number of carbonyl (C=O) groups is 1. The normalized spacial score (nSPS) is 10.4. The smallest absolute Gasteiger partial charge is 0.357 e. The highest BCUT2D eigenvalue weighted by molar-refractivity contribution is 5.93. The Morgan fingerprint density at radius 2 is 1.91 bits per heavy atom. The summed E-state index contributed by atoms with van der Waals surface area (Å²) < 4.78 is 6.74. The largest absolute Gasteiger partial charge is 0.497 e. The summed E-state index contributed by atoms with van der Waals surface area (Å²) in [5.41, 5.74) is 2.16. The minimum Gasteiger partial charge on any atom is -0.497 e. The van der Waals surface area contributed by atoms with Crippen molar-refractivity contribution < 1.29 is 14.6 Å². The van der Waals surface area contributed by atoms with Crippen molar-refractivity contribution in [3.8, 4) is 22.6 Å². The summed E-state index contributed by atoms with van der Waals surface area (Å²) >= 11 is 0. The van der Waals surface area contributed by atoms with Gasteiger partial charge in [0.15, 0.2) is 5.69 Å². The fourth-order valence-corrected chi connectivity index (χ4v) is 2.25. The SMILES string of the molecule is COc1cccc(-n2cc(-c3ccccc3)c(C(=O)O)n2)c1. The molecular weight excluding hydrogens is 280 g/mol. The summed E-state index contributed by atoms with van der Waals surface area (Å²) in [6, 6.07) is 16.6. The van der Waals surface area contributed by atoms with Crippen molar-refractivity contribution in [1.29, 1.82) is 0 Å². The molecule has 3 rings (SSSR count). The number of aromatic nitrogens is 2. The van der Waals surface area contributed by atoms with Crippen LogP contribution in [0.15, 0.2) is 60.8 Å². The fraction of sp³-hybridized carbons (Fsp3) is 0.0588. The van der Waals surface area contributed by atoms with Gasteiger partial charge in [-0.1, -0.05) is 36.4 Å². The van der Waals surface area contributed by atoms with E-state index in [2.05, 4.69) is 5.10 Å². The van der Waals surface area contributed by atoms with Crippen LogP contribution in [0.3, 0.4) is 0 Å². The number of benzene rings is 2. The molecule has 0 spiro atoms. The Bertz CT molecular complexity index is 810. The number of hydrogen-bond donors (Lipinski definition) is 1. The van der Waals surface area contributed by atoms with Crippen molar-refractivity contribution in [3.05, 3.63) is 66.5 Å². The van der Waals surface area contributed by atoms with Gasteiger partial charge in [0, 0.05) is 17.8 Å². The van der Waals surface area contributed by atoms with Crippen molar-refractivity contribution in [1.82, 2.24) is 9.78 Å². The van der Waals surface area contributed by atoms with E-state index in [1.165, 1.54) is 0 Å². The van der Waals surface area contributed by atoms with Gasteiger partial charge in [0.2, 0.25) is 0 Å². The molecule has 1 heterocycles. The topological polar surface area (TPSA) is 64.3 Å². The second-order valence-electron chi connectivity index (χ2n) is 4.71. The van der Waals surface area contributed by atoms with Crippen LogP contribution in [0.1, 0.15) is 10.5 Å². The quantitative estimate of drug-likeness (QED) is 0.802. The van der Waals surface area contributed by atoms with E-state index < -0.39 is 5.97 Å². The van der Waals surface area contributed by atoms with Crippen molar-refractivity contribution in [2.75, 3.05) is 7.11 Å². The molecule has 0 atom stereocenters. The first-order valence-corrected chi connectivity index (χ1v) is 6.72. The second-order valence-corrected chi connectivity index (χ2v) is 4.71. The molecule has 1 N–H and O–H groups in total. The Kier molecular flexibility index (Phi) is 3.62. The van der Waals surface area contributed by atoms with Crippen LogP contribution in [-0.2, 0) is 0 Å². The summed E-state index contributed by atoms with van der Waals surface area (Å²) in [5, 5.41) is 13.6. The molecule has 0 aliphatic rings. The molecule has 2 aromatic carbocycles. The number of aromatic carboxylic acids is 1. The molecule has 22 heavy (non-hydrogen) atoms. The van der Waals surface area contributed by atoms with Gasteiger partial charge in [0.25, 0.3) is 0 Å². The summed E-state index contributed by atoms with van der Waals surface area (Å²) in [6.45, 7) is 0. The molecule has 0 unspecified atom stereocenters. The van der Waals surface area contributed by atoms with E-state index in [-0.39, 0.29) is 5.69 Å². The van der Waals surface area contributed by atoms with Gasteiger partial charge in [-0.15, -0.1) is 0 Å². The molecule has 3 aromatic rings. The van der Waals surface area contributed by atoms with Crippen molar-refractivity contribution in [2.24, 2.45) is 0 Å². The zero-order chi connectivity index (χ0) is 15.5. The second kappa shape index (κ2) is 5.73. The highest BCUT2D eigenvalue weighted by Gasteiger charge is 2.17. The lowest BCUT2D eigenvalue weighted by Gasteiger charge is -2.03. The number of rotatable bonds is 4. The lowest BCUT2D eigenvalue weighted by atomic mass is 10.1. The van der Waals surface area contributed by atoms with E-state index >= 15 is 0 Å². The molecule has 5 nitrogen and oxygen atoms in total. The van der Waals surface area contributed by atoms with E-state index in [4.69, 9.17) is 4.74 Å². The first kappa shape index (κ1) is 13.9. The number of methoxy groups -OCH3 is 1. The first-order valence-electron chi connectivity index (χ1n) is 6.72. The maximum absolute atomic E-state index is 11.5. The van der Waals surface area contributed by atoms with E-state index in [0.717, 1.165) is 11.3 Å². The van der Waals surface area contributed by atoms with Gasteiger partial charge >= 0.3 is 5.97 Å². The predicted octanol–water partition coefficient (Wildman–Crippen LogP) is 3.25. The van der Waals surface area contributed by atoms with Crippen molar-refractivity contribution in [2.45, 2.75) is 0 Å². The minimum absolute atomic E-state index is 0.0222. The molecule has 5 heteroatoms. The van der Waals surface area contributed by atoms with Crippen molar-refractivity contribution >= 4 is 5.97 Å². The van der Waals surface area contributed by atoms with Crippen LogP contribution in [0.25, 0.3) is 16.8 Å². The van der Waals surface area contributed by atoms with Crippen LogP contribution >= 0.6 is 0 Å². The molecule has 0 aliphatic heterocycles. The molecule has 0 saturated carbocycles. The van der Waals surface area contributed by atoms with Gasteiger partial charge < -0.3 is 9.84 Å². The number of ether oxygens (including phenoxy) is 1. The van der Waals surface area contributed by atoms with E-state index in [1.807, 2.05) is 48.5 Å². The van der Waals surface area contributed by atoms with Crippen LogP contribution in [0.4, 0.5) is 0 Å². The van der Waals surface area contributed by atoms with Gasteiger partial charge in [0.1, 0.15) is 5.75 Å². The summed E-state index contributed by atoms with van der Waals surface area (Å²) in [7, 11) is 1.58. The lowest BCUT2D eigenvalue weighted by molar-refractivity contribution is 0.0691. The zero-order valence-electron chi connectivity index (χ0n) is 11.9. The molecule has 110 valence electrons. The van der Waals surface area contributed by atoms with E-state index in [0.29, 0.717) is 11.3 Å². The summed E-state index contributed by atoms with van der Waals surface area (Å²) in [4.78, 5) is 11.5. The van der Waals surface area contributed by atoms with Crippen LogP contribution in [-0.4, -0.2) is 28.0 Å². The van der Waals surface area contributed by atoms with Crippen LogP contribution in [0.5, 0.6) is 5.75 Å². The van der Waals surface area contributed by atoms with Crippen LogP contribution in [0.2, 0.25) is 0 Å². The third-order valence-electron chi connectivity index (χ3n) is 3.32. The average molecular weight is 294 g/mol. The lowest BCUT2D eigenvalue weighted by Crippen LogP contribution is -2.02. The molecule has 1 aromatic heterocycles. The van der Waals surface area contributed by atoms with Gasteiger partial charge in [-0.2, -0.15) is 5.10 Å². The molecule has 0 bridgehead atoms. The van der Waals surface area contributed by atoms with Gasteiger partial charge in [0.05, 0.1) is 12.8 Å². The third kappa shape index (κ3) is 2.56. The average Bonchev–Trinajstić information content (AvgIpc) is 3.01. The molecule has 0 amide bonds. The first-order chi connectivity index (χ1) is 10.7. The van der Waals surface area contributed by atoms with Crippen LogP contribution in [0, 0.1) is 0 Å². The van der Waals surface area contributed by atoms with Gasteiger partial charge in [-0.05, 0) is 17.7 Å². The Morgan fingerprint density at radius 3 is 2.59 bits per heavy atom. The Hall–Kier alpha value is -3.08. The number of hydrogen-bond acceptors (Lipinski definition) is 3. The predicted molar refractivity (Wildman–Crippen MR) is 82.5 cm³/mol. The highest BCUT2D eigenvalue weighted by Crippen LogP contribution is 2.25. The Balaban J connectivity index is 2.13. The molecule has 0 aliphatic carbocycles. The number of nitrogens with zero attached hydrogens (tertiary/aromatic N) is 2. The zero-order valence-corrected chi connectivity index (χ0v) is 11.9. The summed E-state index contributed by atoms with van der Waals surface area (Å²) in [5.74, 6) is -0.369. The molecule has 0 saturated heterocycles. The standard InChI is InChI=1S/C17H14N2O3/c1-22-14-9-5-8-13(10-14)19-11-15(16(18-19)17(20)21)12-6-3-2-4-7-12/h2-11H,1H3,(H,20,21). The van der Waals surface area contributed by atoms with Gasteiger partial charge in [-0.25, -0.2) is 9.48 Å². The fourth-order valence-electron chi connectivity index (χ4n) is 2.25. The number of carboxylic acid groups (broad SMARTS) is 1. The molecular formula is C17H14N2O3. The minimum atomic E-state index is -1.06. The maximum Gasteiger partial charge on any atom is 0.357 e. The van der Waals surface area contributed by atoms with E-state index in [9.17, 15) is 9.90 Å². The Labute approximate surface area is 127 Å². The van der Waals surface area contributed by atoms with Crippen LogP contribution < -0.4 is 4.74 Å². The number of carboxylic acids is 1. The third-order valence-corrected chi connectivity index (χ3v) is 3.32. The van der Waals surface area contributed by atoms with Crippen molar-refractivity contribution in [3.63, 3.8) is 0 Å². The molecule has 0 fully saturated rings. The highest BCUT2D eigenvalue weighted by atomic mass is 16.5.